The fourth-order valence-electron chi connectivity index (χ4n) is 2.06. The summed E-state index contributed by atoms with van der Waals surface area (Å²) in [7, 11) is 0. The van der Waals surface area contributed by atoms with Crippen molar-refractivity contribution in [3.63, 3.8) is 0 Å². The van der Waals surface area contributed by atoms with Crippen LogP contribution < -0.4 is 5.32 Å². The van der Waals surface area contributed by atoms with E-state index in [1.54, 1.807) is 0 Å². The van der Waals surface area contributed by atoms with Gasteiger partial charge in [0.15, 0.2) is 0 Å². The largest absolute Gasteiger partial charge is 0.309 e. The van der Waals surface area contributed by atoms with Gasteiger partial charge >= 0.3 is 0 Å². The van der Waals surface area contributed by atoms with Crippen molar-refractivity contribution >= 4 is 0 Å². The highest BCUT2D eigenvalue weighted by atomic mass is 19.3. The molecular formula is C12H15F2N. The maximum atomic E-state index is 12.4. The predicted octanol–water partition coefficient (Wildman–Crippen LogP) is 2.99. The highest BCUT2D eigenvalue weighted by molar-refractivity contribution is 5.19. The predicted molar refractivity (Wildman–Crippen MR) is 55.9 cm³/mol. The number of alkyl halides is 2. The second-order valence-electron chi connectivity index (χ2n) is 4.04. The van der Waals surface area contributed by atoms with Gasteiger partial charge in [0.2, 0.25) is 6.43 Å². The molecule has 1 aliphatic heterocycles. The molecule has 3 heteroatoms. The van der Waals surface area contributed by atoms with E-state index in [9.17, 15) is 8.78 Å². The molecule has 1 aliphatic rings. The monoisotopic (exact) mass is 211 g/mol. The number of benzene rings is 1. The van der Waals surface area contributed by atoms with E-state index >= 15 is 0 Å². The molecule has 2 atom stereocenters. The Morgan fingerprint density at radius 3 is 2.40 bits per heavy atom. The fraction of sp³-hybridized carbons (Fsp3) is 0.500. The average molecular weight is 211 g/mol. The van der Waals surface area contributed by atoms with Gasteiger partial charge in [0.1, 0.15) is 0 Å². The number of hydrogen-bond donors (Lipinski definition) is 1. The summed E-state index contributed by atoms with van der Waals surface area (Å²) in [5.41, 5.74) is 1.20. The van der Waals surface area contributed by atoms with Crippen molar-refractivity contribution in [2.75, 3.05) is 6.54 Å². The number of rotatable bonds is 2. The fourth-order valence-corrected chi connectivity index (χ4v) is 2.06. The molecule has 1 fully saturated rings. The molecule has 1 aromatic carbocycles. The molecule has 0 aromatic heterocycles. The zero-order chi connectivity index (χ0) is 10.7. The van der Waals surface area contributed by atoms with E-state index in [-0.39, 0.29) is 6.04 Å². The minimum atomic E-state index is -2.19. The number of nitrogens with one attached hydrogen (secondary N) is 1. The highest BCUT2D eigenvalue weighted by Gasteiger charge is 2.27. The number of piperidine rings is 1. The summed E-state index contributed by atoms with van der Waals surface area (Å²) in [6.45, 7) is 0.428. The van der Waals surface area contributed by atoms with E-state index < -0.39 is 12.3 Å². The number of halogens is 2. The molecule has 0 bridgehead atoms. The third kappa shape index (κ3) is 2.53. The van der Waals surface area contributed by atoms with Gasteiger partial charge in [-0.15, -0.1) is 0 Å². The normalized spacial score (nSPS) is 26.9. The van der Waals surface area contributed by atoms with E-state index in [1.165, 1.54) is 5.56 Å². The minimum absolute atomic E-state index is 0.251. The molecule has 0 spiro atoms. The van der Waals surface area contributed by atoms with Crippen LogP contribution in [0.25, 0.3) is 0 Å². The summed E-state index contributed by atoms with van der Waals surface area (Å²) in [6, 6.07) is 10.3. The highest BCUT2D eigenvalue weighted by Crippen LogP contribution is 2.28. The molecule has 0 saturated carbocycles. The van der Waals surface area contributed by atoms with E-state index in [1.807, 2.05) is 30.3 Å². The third-order valence-corrected chi connectivity index (χ3v) is 3.01. The van der Waals surface area contributed by atoms with E-state index in [4.69, 9.17) is 0 Å². The molecule has 1 heterocycles. The van der Waals surface area contributed by atoms with Crippen molar-refractivity contribution in [1.29, 1.82) is 0 Å². The van der Waals surface area contributed by atoms with Crippen LogP contribution >= 0.6 is 0 Å². The van der Waals surface area contributed by atoms with E-state index in [2.05, 4.69) is 5.32 Å². The first-order chi connectivity index (χ1) is 7.27. The smallest absolute Gasteiger partial charge is 0.242 e. The standard InChI is InChI=1S/C12H15F2N/c13-12(14)10-6-7-11(15-8-10)9-4-2-1-3-5-9/h1-5,10-12,15H,6-8H2. The van der Waals surface area contributed by atoms with Crippen molar-refractivity contribution in [2.24, 2.45) is 5.92 Å². The van der Waals surface area contributed by atoms with Crippen molar-refractivity contribution in [1.82, 2.24) is 5.32 Å². The van der Waals surface area contributed by atoms with Crippen LogP contribution in [-0.4, -0.2) is 13.0 Å². The quantitative estimate of drug-likeness (QED) is 0.793. The van der Waals surface area contributed by atoms with Crippen LogP contribution in [0.2, 0.25) is 0 Å². The van der Waals surface area contributed by atoms with Gasteiger partial charge in [0, 0.05) is 18.5 Å². The van der Waals surface area contributed by atoms with Gasteiger partial charge in [-0.1, -0.05) is 30.3 Å². The summed E-state index contributed by atoms with van der Waals surface area (Å²) in [5.74, 6) is -0.468. The molecule has 2 rings (SSSR count). The Morgan fingerprint density at radius 1 is 1.13 bits per heavy atom. The summed E-state index contributed by atoms with van der Waals surface area (Å²) >= 11 is 0. The Morgan fingerprint density at radius 2 is 1.87 bits per heavy atom. The molecule has 82 valence electrons. The molecule has 0 aliphatic carbocycles. The summed E-state index contributed by atoms with van der Waals surface area (Å²) in [4.78, 5) is 0. The summed E-state index contributed by atoms with van der Waals surface area (Å²) < 4.78 is 24.8. The van der Waals surface area contributed by atoms with Crippen LogP contribution in [0.15, 0.2) is 30.3 Å². The second-order valence-corrected chi connectivity index (χ2v) is 4.04. The summed E-state index contributed by atoms with van der Waals surface area (Å²) in [5, 5.41) is 3.19. The van der Waals surface area contributed by atoms with Gasteiger partial charge in [-0.3, -0.25) is 0 Å². The first kappa shape index (κ1) is 10.6. The SMILES string of the molecule is FC(F)C1CCC(c2ccccc2)NC1. The van der Waals surface area contributed by atoms with Gasteiger partial charge in [-0.05, 0) is 18.4 Å². The van der Waals surface area contributed by atoms with Gasteiger partial charge < -0.3 is 5.32 Å². The first-order valence-electron chi connectivity index (χ1n) is 5.34. The zero-order valence-electron chi connectivity index (χ0n) is 8.50. The van der Waals surface area contributed by atoms with Crippen molar-refractivity contribution < 1.29 is 8.78 Å². The van der Waals surface area contributed by atoms with Crippen molar-refractivity contribution in [3.8, 4) is 0 Å². The molecule has 0 radical (unpaired) electrons. The topological polar surface area (TPSA) is 12.0 Å². The Kier molecular flexibility index (Phi) is 3.31. The van der Waals surface area contributed by atoms with Crippen LogP contribution in [0, 0.1) is 5.92 Å². The summed E-state index contributed by atoms with van der Waals surface area (Å²) in [6.07, 6.45) is -0.766. The van der Waals surface area contributed by atoms with Gasteiger partial charge in [0.25, 0.3) is 0 Å². The van der Waals surface area contributed by atoms with Crippen molar-refractivity contribution in [3.05, 3.63) is 35.9 Å². The molecule has 1 N–H and O–H groups in total. The van der Waals surface area contributed by atoms with Gasteiger partial charge in [0.05, 0.1) is 0 Å². The van der Waals surface area contributed by atoms with E-state index in [0.29, 0.717) is 13.0 Å². The van der Waals surface area contributed by atoms with Gasteiger partial charge in [-0.25, -0.2) is 8.78 Å². The molecule has 0 amide bonds. The Balaban J connectivity index is 1.94. The van der Waals surface area contributed by atoms with Crippen LogP contribution in [0.1, 0.15) is 24.4 Å². The lowest BCUT2D eigenvalue weighted by Gasteiger charge is -2.29. The van der Waals surface area contributed by atoms with Crippen LogP contribution in [0.4, 0.5) is 8.78 Å². The maximum Gasteiger partial charge on any atom is 0.242 e. The average Bonchev–Trinajstić information content (AvgIpc) is 2.30. The molecule has 1 nitrogen and oxygen atoms in total. The van der Waals surface area contributed by atoms with Crippen molar-refractivity contribution in [2.45, 2.75) is 25.3 Å². The first-order valence-corrected chi connectivity index (χ1v) is 5.34. The molecule has 15 heavy (non-hydrogen) atoms. The lowest BCUT2D eigenvalue weighted by Crippen LogP contribution is -2.36. The van der Waals surface area contributed by atoms with Gasteiger partial charge in [-0.2, -0.15) is 0 Å². The van der Waals surface area contributed by atoms with Crippen LogP contribution in [0.5, 0.6) is 0 Å². The number of hydrogen-bond acceptors (Lipinski definition) is 1. The minimum Gasteiger partial charge on any atom is -0.309 e. The maximum absolute atomic E-state index is 12.4. The van der Waals surface area contributed by atoms with Crippen LogP contribution in [0.3, 0.4) is 0 Å². The molecule has 1 saturated heterocycles. The van der Waals surface area contributed by atoms with E-state index in [0.717, 1.165) is 6.42 Å². The lowest BCUT2D eigenvalue weighted by molar-refractivity contribution is 0.0564. The third-order valence-electron chi connectivity index (χ3n) is 3.01. The lowest BCUT2D eigenvalue weighted by atomic mass is 9.91. The molecule has 1 aromatic rings. The van der Waals surface area contributed by atoms with Crippen LogP contribution in [-0.2, 0) is 0 Å². The zero-order valence-corrected chi connectivity index (χ0v) is 8.50. The Hall–Kier alpha value is -0.960. The second kappa shape index (κ2) is 4.71. The molecule has 2 unspecified atom stereocenters. The Labute approximate surface area is 88.5 Å². The Bertz CT molecular complexity index is 292. The molecular weight excluding hydrogens is 196 g/mol.